The summed E-state index contributed by atoms with van der Waals surface area (Å²) in [6, 6.07) is 7.93. The maximum Gasteiger partial charge on any atom is 0.249 e. The number of nitrogens with zero attached hydrogens (tertiary/aromatic N) is 4. The van der Waals surface area contributed by atoms with E-state index in [2.05, 4.69) is 4.90 Å². The number of fused-ring (bicyclic) bond motifs is 2. The smallest absolute Gasteiger partial charge is 0.249 e. The van der Waals surface area contributed by atoms with Crippen LogP contribution in [0.4, 0.5) is 5.69 Å². The molecule has 1 aromatic carbocycles. The molecule has 1 aromatic rings. The molecule has 238 valence electrons. The highest BCUT2D eigenvalue weighted by atomic mass is 16.5. The first kappa shape index (κ1) is 31.0. The summed E-state index contributed by atoms with van der Waals surface area (Å²) in [6.45, 7) is 10.7. The number of aliphatic hydroxyl groups excluding tert-OH is 1. The lowest BCUT2D eigenvalue weighted by Crippen LogP contribution is -2.59. The van der Waals surface area contributed by atoms with Gasteiger partial charge in [-0.25, -0.2) is 0 Å². The van der Waals surface area contributed by atoms with E-state index in [1.54, 1.807) is 9.80 Å². The van der Waals surface area contributed by atoms with Crippen molar-refractivity contribution in [3.8, 4) is 0 Å². The Morgan fingerprint density at radius 1 is 0.932 bits per heavy atom. The molecule has 0 bridgehead atoms. The van der Waals surface area contributed by atoms with Gasteiger partial charge in [-0.15, -0.1) is 0 Å². The maximum atomic E-state index is 14.8. The Labute approximate surface area is 260 Å². The average molecular weight is 607 g/mol. The van der Waals surface area contributed by atoms with Crippen LogP contribution in [-0.2, 0) is 23.9 Å². The van der Waals surface area contributed by atoms with E-state index < -0.39 is 35.1 Å². The van der Waals surface area contributed by atoms with Gasteiger partial charge in [-0.3, -0.25) is 19.3 Å². The number of anilines is 1. The van der Waals surface area contributed by atoms with Crippen molar-refractivity contribution in [2.24, 2.45) is 17.8 Å². The molecular weight excluding hydrogens is 560 g/mol. The maximum absolute atomic E-state index is 14.8. The molecule has 44 heavy (non-hydrogen) atoms. The molecule has 3 saturated heterocycles. The largest absolute Gasteiger partial charge is 0.394 e. The van der Waals surface area contributed by atoms with Gasteiger partial charge in [0.1, 0.15) is 11.6 Å². The van der Waals surface area contributed by atoms with Gasteiger partial charge in [-0.2, -0.15) is 0 Å². The first-order valence-electron chi connectivity index (χ1n) is 16.2. The number of carbonyl (C=O) groups is 3. The monoisotopic (exact) mass is 606 g/mol. The van der Waals surface area contributed by atoms with E-state index in [4.69, 9.17) is 9.47 Å². The second kappa shape index (κ2) is 12.4. The third-order valence-electron chi connectivity index (χ3n) is 10.2. The number of para-hydroxylation sites is 1. The number of amides is 3. The summed E-state index contributed by atoms with van der Waals surface area (Å²) in [5.74, 6) is -2.23. The second-order valence-corrected chi connectivity index (χ2v) is 13.2. The molecular formula is C34H46N4O6. The highest BCUT2D eigenvalue weighted by Gasteiger charge is 2.76. The van der Waals surface area contributed by atoms with Gasteiger partial charge in [0.05, 0.1) is 43.3 Å². The highest BCUT2D eigenvalue weighted by Crippen LogP contribution is 2.59. The summed E-state index contributed by atoms with van der Waals surface area (Å²) in [5.41, 5.74) is -1.64. The van der Waals surface area contributed by atoms with Crippen molar-refractivity contribution in [3.63, 3.8) is 0 Å². The molecule has 6 rings (SSSR count). The number of likely N-dealkylation sites (tertiary alicyclic amines) is 1. The van der Waals surface area contributed by atoms with Gasteiger partial charge in [0, 0.05) is 45.0 Å². The van der Waals surface area contributed by atoms with E-state index in [0.29, 0.717) is 52.2 Å². The molecule has 3 amide bonds. The third kappa shape index (κ3) is 5.09. The fourth-order valence-corrected chi connectivity index (χ4v) is 8.09. The zero-order chi connectivity index (χ0) is 31.1. The van der Waals surface area contributed by atoms with Crippen LogP contribution >= 0.6 is 0 Å². The third-order valence-corrected chi connectivity index (χ3v) is 10.2. The molecule has 0 saturated carbocycles. The molecule has 10 heteroatoms. The molecule has 6 atom stereocenters. The molecule has 5 aliphatic rings. The lowest BCUT2D eigenvalue weighted by Gasteiger charge is -2.41. The van der Waals surface area contributed by atoms with Crippen molar-refractivity contribution in [3.05, 3.63) is 54.6 Å². The van der Waals surface area contributed by atoms with Crippen molar-refractivity contribution in [1.82, 2.24) is 14.7 Å². The quantitative estimate of drug-likeness (QED) is 0.430. The molecule has 1 N–H and O–H groups in total. The van der Waals surface area contributed by atoms with Crippen LogP contribution in [0.15, 0.2) is 54.6 Å². The zero-order valence-electron chi connectivity index (χ0n) is 26.1. The van der Waals surface area contributed by atoms with Gasteiger partial charge >= 0.3 is 0 Å². The summed E-state index contributed by atoms with van der Waals surface area (Å²) < 4.78 is 12.6. The topological polar surface area (TPSA) is 103 Å². The molecule has 1 unspecified atom stereocenters. The van der Waals surface area contributed by atoms with Gasteiger partial charge < -0.3 is 29.3 Å². The van der Waals surface area contributed by atoms with Crippen LogP contribution in [0.2, 0.25) is 0 Å². The van der Waals surface area contributed by atoms with Crippen molar-refractivity contribution in [1.29, 1.82) is 0 Å². The normalized spacial score (nSPS) is 33.0. The molecule has 0 aliphatic carbocycles. The van der Waals surface area contributed by atoms with Crippen LogP contribution in [0.3, 0.4) is 0 Å². The van der Waals surface area contributed by atoms with E-state index in [-0.39, 0.29) is 30.2 Å². The standard InChI is InChI=1S/C34H46N4O6/c1-4-33-12-8-15-37(25-10-6-5-7-11-25)30(40)27(33)28-31(41)38(26(23-39)22-24(2)3)29-32(42)36(14-9-13-34(28,29)44-33)17-16-35-18-20-43-21-19-35/h5-13,24,26-29,39H,4,14-23H2,1-3H3/t26-,27-,28+,29?,33+,34+/m1/s1. The van der Waals surface area contributed by atoms with E-state index in [1.807, 2.05) is 80.3 Å². The predicted molar refractivity (Wildman–Crippen MR) is 166 cm³/mol. The second-order valence-electron chi connectivity index (χ2n) is 13.2. The van der Waals surface area contributed by atoms with Crippen LogP contribution in [0, 0.1) is 17.8 Å². The van der Waals surface area contributed by atoms with Crippen LogP contribution in [0.1, 0.15) is 33.6 Å². The van der Waals surface area contributed by atoms with Crippen molar-refractivity contribution in [2.75, 3.05) is 64.0 Å². The van der Waals surface area contributed by atoms with Crippen LogP contribution in [-0.4, -0.2) is 120 Å². The van der Waals surface area contributed by atoms with E-state index >= 15 is 0 Å². The summed E-state index contributed by atoms with van der Waals surface area (Å²) in [6.07, 6.45) is 8.75. The Bertz CT molecular complexity index is 1300. The minimum Gasteiger partial charge on any atom is -0.394 e. The van der Waals surface area contributed by atoms with E-state index in [1.165, 1.54) is 0 Å². The predicted octanol–water partition coefficient (Wildman–Crippen LogP) is 2.09. The van der Waals surface area contributed by atoms with Crippen molar-refractivity contribution >= 4 is 23.4 Å². The fourth-order valence-electron chi connectivity index (χ4n) is 8.09. The van der Waals surface area contributed by atoms with Crippen LogP contribution in [0.25, 0.3) is 0 Å². The first-order valence-corrected chi connectivity index (χ1v) is 16.2. The number of rotatable bonds is 9. The number of hydrogen-bond donors (Lipinski definition) is 1. The van der Waals surface area contributed by atoms with Crippen LogP contribution in [0.5, 0.6) is 0 Å². The van der Waals surface area contributed by atoms with E-state index in [0.717, 1.165) is 18.8 Å². The van der Waals surface area contributed by atoms with Crippen LogP contribution < -0.4 is 4.90 Å². The lowest BCUT2D eigenvalue weighted by atomic mass is 9.73. The Hall–Kier alpha value is -3.05. The molecule has 10 nitrogen and oxygen atoms in total. The SMILES string of the molecule is CC[C@]12C=CCN(c3ccccc3)C(=O)[C@H]1[C@H]1C(=O)N([C@@H](CO)CC(C)C)C3C(=O)N(CCN4CCOCC4)CC=C[C@@]31O2. The number of benzene rings is 1. The minimum atomic E-state index is -1.34. The Morgan fingerprint density at radius 3 is 2.34 bits per heavy atom. The number of morpholine rings is 1. The van der Waals surface area contributed by atoms with Crippen molar-refractivity contribution in [2.45, 2.75) is 56.9 Å². The molecule has 3 fully saturated rings. The number of hydrogen-bond acceptors (Lipinski definition) is 7. The fraction of sp³-hybridized carbons (Fsp3) is 0.618. The number of carbonyl (C=O) groups excluding carboxylic acids is 3. The Balaban J connectivity index is 1.42. The van der Waals surface area contributed by atoms with Gasteiger partial charge in [-0.1, -0.05) is 63.3 Å². The van der Waals surface area contributed by atoms with Crippen molar-refractivity contribution < 1.29 is 29.0 Å². The van der Waals surface area contributed by atoms with E-state index in [9.17, 15) is 19.5 Å². The summed E-state index contributed by atoms with van der Waals surface area (Å²) in [4.78, 5) is 51.6. The van der Waals surface area contributed by atoms with Gasteiger partial charge in [0.15, 0.2) is 0 Å². The molecule has 1 spiro atoms. The Morgan fingerprint density at radius 2 is 1.66 bits per heavy atom. The molecule has 5 heterocycles. The Kier molecular flexibility index (Phi) is 8.71. The summed E-state index contributed by atoms with van der Waals surface area (Å²) in [7, 11) is 0. The highest BCUT2D eigenvalue weighted by molar-refractivity contribution is 6.04. The zero-order valence-corrected chi connectivity index (χ0v) is 26.1. The lowest BCUT2D eigenvalue weighted by molar-refractivity contribution is -0.156. The first-order chi connectivity index (χ1) is 21.3. The molecule has 0 radical (unpaired) electrons. The average Bonchev–Trinajstić information content (AvgIpc) is 3.33. The number of aliphatic hydroxyl groups is 1. The van der Waals surface area contributed by atoms with Gasteiger partial charge in [-0.05, 0) is 30.9 Å². The number of ether oxygens (including phenoxy) is 2. The summed E-state index contributed by atoms with van der Waals surface area (Å²) >= 11 is 0. The van der Waals surface area contributed by atoms with Gasteiger partial charge in [0.2, 0.25) is 17.7 Å². The van der Waals surface area contributed by atoms with Gasteiger partial charge in [0.25, 0.3) is 0 Å². The summed E-state index contributed by atoms with van der Waals surface area (Å²) in [5, 5.41) is 10.6. The molecule has 0 aromatic heterocycles. The molecule has 5 aliphatic heterocycles. The minimum absolute atomic E-state index is 0.178.